The Hall–Kier alpha value is -2.58. The Balaban J connectivity index is 1.38. The predicted molar refractivity (Wildman–Crippen MR) is 105 cm³/mol. The first kappa shape index (κ1) is 17.8. The first-order chi connectivity index (χ1) is 13.2. The molecule has 1 aliphatic rings. The number of amides is 1. The highest BCUT2D eigenvalue weighted by atomic mass is 32.2. The summed E-state index contributed by atoms with van der Waals surface area (Å²) in [6, 6.07) is 13.8. The van der Waals surface area contributed by atoms with Crippen LogP contribution in [0.3, 0.4) is 0 Å². The van der Waals surface area contributed by atoms with Crippen molar-refractivity contribution in [2.75, 3.05) is 17.7 Å². The maximum Gasteiger partial charge on any atom is 0.344 e. The van der Waals surface area contributed by atoms with Gasteiger partial charge in [0.05, 0.1) is 18.4 Å². The number of fused-ring (bicyclic) bond motifs is 1. The summed E-state index contributed by atoms with van der Waals surface area (Å²) in [7, 11) is 0. The van der Waals surface area contributed by atoms with E-state index in [9.17, 15) is 9.59 Å². The van der Waals surface area contributed by atoms with Crippen molar-refractivity contribution in [2.45, 2.75) is 30.6 Å². The summed E-state index contributed by atoms with van der Waals surface area (Å²) in [5.74, 6) is 0.0252. The molecule has 27 heavy (non-hydrogen) atoms. The Morgan fingerprint density at radius 3 is 2.96 bits per heavy atom. The number of carbonyl (C=O) groups is 1. The monoisotopic (exact) mass is 384 g/mol. The van der Waals surface area contributed by atoms with E-state index in [1.54, 1.807) is 4.57 Å². The van der Waals surface area contributed by atoms with Crippen LogP contribution in [0.1, 0.15) is 12.8 Å². The second kappa shape index (κ2) is 7.98. The number of ether oxygens (including phenoxy) is 1. The van der Waals surface area contributed by atoms with E-state index in [1.165, 1.54) is 11.8 Å². The number of nitrogens with zero attached hydrogens (tertiary/aromatic N) is 2. The molecule has 4 rings (SSSR count). The van der Waals surface area contributed by atoms with Crippen molar-refractivity contribution in [3.05, 3.63) is 52.9 Å². The molecule has 0 saturated carbocycles. The van der Waals surface area contributed by atoms with Crippen LogP contribution in [0.5, 0.6) is 0 Å². The van der Waals surface area contributed by atoms with Gasteiger partial charge in [-0.3, -0.25) is 9.36 Å². The molecule has 0 spiro atoms. The third-order valence-corrected chi connectivity index (χ3v) is 5.48. The molecule has 0 aliphatic carbocycles. The van der Waals surface area contributed by atoms with Crippen LogP contribution < -0.4 is 11.0 Å². The van der Waals surface area contributed by atoms with Gasteiger partial charge >= 0.3 is 5.69 Å². The van der Waals surface area contributed by atoms with Crippen molar-refractivity contribution in [3.63, 3.8) is 0 Å². The van der Waals surface area contributed by atoms with E-state index in [0.717, 1.165) is 35.9 Å². The fraction of sp³-hybridized carbons (Fsp3) is 0.316. The lowest BCUT2D eigenvalue weighted by Gasteiger charge is -2.11. The highest BCUT2D eigenvalue weighted by Crippen LogP contribution is 2.21. The molecule has 0 radical (unpaired) electrons. The van der Waals surface area contributed by atoms with Crippen LogP contribution in [0.15, 0.2) is 52.4 Å². The second-order valence-corrected chi connectivity index (χ2v) is 7.40. The molecule has 1 atom stereocenters. The molecule has 0 unspecified atom stereocenters. The number of anilines is 1. The third-order valence-electron chi connectivity index (χ3n) is 4.50. The number of aromatic nitrogens is 3. The molecule has 8 heteroatoms. The SMILES string of the molecule is O=C(CSc1n[nH]c(=O)n1C[C@H]1CCCO1)Nc1ccc2ccccc2c1. The Labute approximate surface area is 160 Å². The van der Waals surface area contributed by atoms with Gasteiger partial charge in [-0.05, 0) is 35.7 Å². The smallest absolute Gasteiger partial charge is 0.344 e. The van der Waals surface area contributed by atoms with Crippen molar-refractivity contribution in [2.24, 2.45) is 0 Å². The van der Waals surface area contributed by atoms with E-state index in [0.29, 0.717) is 11.7 Å². The molecule has 1 amide bonds. The number of carbonyl (C=O) groups excluding carboxylic acids is 1. The van der Waals surface area contributed by atoms with Crippen molar-refractivity contribution < 1.29 is 9.53 Å². The fourth-order valence-corrected chi connectivity index (χ4v) is 3.92. The Morgan fingerprint density at radius 2 is 2.15 bits per heavy atom. The minimum Gasteiger partial charge on any atom is -0.376 e. The van der Waals surface area contributed by atoms with Gasteiger partial charge in [-0.15, -0.1) is 5.10 Å². The molecule has 0 bridgehead atoms. The summed E-state index contributed by atoms with van der Waals surface area (Å²) in [5.41, 5.74) is 0.473. The molecule has 1 saturated heterocycles. The minimum absolute atomic E-state index is 0.0334. The maximum absolute atomic E-state index is 12.3. The van der Waals surface area contributed by atoms with Gasteiger partial charge in [0, 0.05) is 12.3 Å². The normalized spacial score (nSPS) is 16.7. The first-order valence-electron chi connectivity index (χ1n) is 8.87. The average molecular weight is 384 g/mol. The van der Waals surface area contributed by atoms with Crippen LogP contribution in [-0.4, -0.2) is 39.1 Å². The number of nitrogens with one attached hydrogen (secondary N) is 2. The van der Waals surface area contributed by atoms with Gasteiger partial charge < -0.3 is 10.1 Å². The fourth-order valence-electron chi connectivity index (χ4n) is 3.16. The van der Waals surface area contributed by atoms with Crippen LogP contribution in [0, 0.1) is 0 Å². The largest absolute Gasteiger partial charge is 0.376 e. The molecule has 2 N–H and O–H groups in total. The van der Waals surface area contributed by atoms with E-state index < -0.39 is 0 Å². The van der Waals surface area contributed by atoms with Crippen LogP contribution in [-0.2, 0) is 16.1 Å². The van der Waals surface area contributed by atoms with E-state index >= 15 is 0 Å². The van der Waals surface area contributed by atoms with Gasteiger partial charge in [-0.25, -0.2) is 9.89 Å². The van der Waals surface area contributed by atoms with E-state index in [1.807, 2.05) is 42.5 Å². The van der Waals surface area contributed by atoms with Crippen molar-refractivity contribution >= 4 is 34.1 Å². The summed E-state index contributed by atoms with van der Waals surface area (Å²) in [6.07, 6.45) is 1.98. The van der Waals surface area contributed by atoms with Gasteiger partial charge in [-0.2, -0.15) is 0 Å². The zero-order chi connectivity index (χ0) is 18.6. The van der Waals surface area contributed by atoms with E-state index in [4.69, 9.17) is 4.74 Å². The van der Waals surface area contributed by atoms with Gasteiger partial charge in [0.1, 0.15) is 0 Å². The number of thioether (sulfide) groups is 1. The highest BCUT2D eigenvalue weighted by Gasteiger charge is 2.20. The Kier molecular flexibility index (Phi) is 5.26. The number of benzene rings is 2. The summed E-state index contributed by atoms with van der Waals surface area (Å²) >= 11 is 1.24. The molecule has 140 valence electrons. The van der Waals surface area contributed by atoms with E-state index in [-0.39, 0.29) is 23.5 Å². The second-order valence-electron chi connectivity index (χ2n) is 6.46. The zero-order valence-electron chi connectivity index (χ0n) is 14.7. The highest BCUT2D eigenvalue weighted by molar-refractivity contribution is 7.99. The lowest BCUT2D eigenvalue weighted by molar-refractivity contribution is -0.113. The summed E-state index contributed by atoms with van der Waals surface area (Å²) in [6.45, 7) is 1.19. The molecule has 1 aromatic heterocycles. The zero-order valence-corrected chi connectivity index (χ0v) is 15.5. The lowest BCUT2D eigenvalue weighted by atomic mass is 10.1. The van der Waals surface area contributed by atoms with Crippen LogP contribution >= 0.6 is 11.8 Å². The van der Waals surface area contributed by atoms with Gasteiger partial charge in [0.2, 0.25) is 5.91 Å². The quantitative estimate of drug-likeness (QED) is 0.638. The van der Waals surface area contributed by atoms with Gasteiger partial charge in [0.25, 0.3) is 0 Å². The van der Waals surface area contributed by atoms with Crippen LogP contribution in [0.25, 0.3) is 10.8 Å². The summed E-state index contributed by atoms with van der Waals surface area (Å²) in [5, 5.41) is 12.1. The molecule has 2 aromatic carbocycles. The molecule has 1 aliphatic heterocycles. The van der Waals surface area contributed by atoms with E-state index in [2.05, 4.69) is 15.5 Å². The summed E-state index contributed by atoms with van der Waals surface area (Å²) < 4.78 is 7.13. The Bertz CT molecular complexity index is 1010. The molecule has 7 nitrogen and oxygen atoms in total. The van der Waals surface area contributed by atoms with Crippen molar-refractivity contribution in [3.8, 4) is 0 Å². The molecule has 1 fully saturated rings. The number of hydrogen-bond donors (Lipinski definition) is 2. The number of aromatic amines is 1. The standard InChI is InChI=1S/C19H20N4O3S/c24-17(20-15-8-7-13-4-1-2-5-14(13)10-15)12-27-19-22-21-18(25)23(19)11-16-6-3-9-26-16/h1-2,4-5,7-8,10,16H,3,6,9,11-12H2,(H,20,24)(H,21,25)/t16-/m1/s1. The van der Waals surface area contributed by atoms with Crippen LogP contribution in [0.4, 0.5) is 5.69 Å². The number of hydrogen-bond acceptors (Lipinski definition) is 5. The van der Waals surface area contributed by atoms with Crippen molar-refractivity contribution in [1.82, 2.24) is 14.8 Å². The third kappa shape index (κ3) is 4.23. The van der Waals surface area contributed by atoms with Crippen LogP contribution in [0.2, 0.25) is 0 Å². The van der Waals surface area contributed by atoms with Gasteiger partial charge in [0.15, 0.2) is 5.16 Å². The predicted octanol–water partition coefficient (Wildman–Crippen LogP) is 2.63. The first-order valence-corrected chi connectivity index (χ1v) is 9.86. The number of H-pyrrole nitrogens is 1. The molecule has 2 heterocycles. The Morgan fingerprint density at radius 1 is 1.30 bits per heavy atom. The van der Waals surface area contributed by atoms with Crippen molar-refractivity contribution in [1.29, 1.82) is 0 Å². The number of rotatable bonds is 6. The average Bonchev–Trinajstić information content (AvgIpc) is 3.31. The minimum atomic E-state index is -0.275. The molecular weight excluding hydrogens is 364 g/mol. The molecular formula is C19H20N4O3S. The van der Waals surface area contributed by atoms with Gasteiger partial charge in [-0.1, -0.05) is 42.1 Å². The topological polar surface area (TPSA) is 89.0 Å². The lowest BCUT2D eigenvalue weighted by Crippen LogP contribution is -2.25. The summed E-state index contributed by atoms with van der Waals surface area (Å²) in [4.78, 5) is 24.3. The molecule has 3 aromatic rings. The maximum atomic E-state index is 12.3.